The van der Waals surface area contributed by atoms with Crippen molar-refractivity contribution in [3.63, 3.8) is 0 Å². The molecule has 1 heterocycles. The Balaban J connectivity index is 1.73. The highest BCUT2D eigenvalue weighted by Crippen LogP contribution is 2.46. The molecular formula is C24H26N2O2. The van der Waals surface area contributed by atoms with Gasteiger partial charge in [-0.1, -0.05) is 48.9 Å². The molecule has 2 aromatic rings. The fraction of sp³-hybridized carbons (Fsp3) is 0.375. The summed E-state index contributed by atoms with van der Waals surface area (Å²) >= 11 is 0. The zero-order valence-electron chi connectivity index (χ0n) is 16.1. The third kappa shape index (κ3) is 3.07. The first-order valence-corrected chi connectivity index (χ1v) is 10.1. The van der Waals surface area contributed by atoms with Crippen molar-refractivity contribution in [3.05, 3.63) is 78.4 Å². The summed E-state index contributed by atoms with van der Waals surface area (Å²) in [6.07, 6.45) is 7.56. The van der Waals surface area contributed by atoms with E-state index in [0.29, 0.717) is 30.1 Å². The second-order valence-corrected chi connectivity index (χ2v) is 7.86. The summed E-state index contributed by atoms with van der Waals surface area (Å²) in [6, 6.07) is 10.5. The standard InChI is InChI=1S/C24H26N2O2/c1-3-9-18-20-21(23(28)19(10-4-2)22(18)27)26-24(25-20)17-14-8-13-16(17)15-11-6-5-7-12-15/h3-7,11-12,16-19H,1-2,8-10,13-14H2,(H,25,26). The van der Waals surface area contributed by atoms with E-state index in [9.17, 15) is 9.59 Å². The van der Waals surface area contributed by atoms with E-state index in [0.717, 1.165) is 25.1 Å². The average molecular weight is 374 g/mol. The van der Waals surface area contributed by atoms with E-state index in [1.807, 2.05) is 6.07 Å². The number of Topliss-reactive ketones (excluding diaryl/α,β-unsaturated/α-hetero) is 2. The van der Waals surface area contributed by atoms with Gasteiger partial charge in [0.2, 0.25) is 0 Å². The SMILES string of the molecule is C=CCC1C(=O)c2nc(C3CCCC3c3ccccc3)[nH]c2C(CC=C)C1=O. The summed E-state index contributed by atoms with van der Waals surface area (Å²) in [5, 5.41) is 0. The number of ketones is 2. The maximum atomic E-state index is 13.0. The lowest BCUT2D eigenvalue weighted by atomic mass is 9.77. The molecule has 1 saturated carbocycles. The van der Waals surface area contributed by atoms with Crippen molar-refractivity contribution in [2.75, 3.05) is 0 Å². The Kier molecular flexibility index (Phi) is 5.12. The first-order chi connectivity index (χ1) is 13.7. The second-order valence-electron chi connectivity index (χ2n) is 7.86. The topological polar surface area (TPSA) is 62.8 Å². The number of hydrogen-bond acceptors (Lipinski definition) is 3. The molecule has 0 bridgehead atoms. The summed E-state index contributed by atoms with van der Waals surface area (Å²) < 4.78 is 0. The van der Waals surface area contributed by atoms with E-state index in [-0.39, 0.29) is 23.4 Å². The molecule has 0 saturated heterocycles. The molecule has 1 fully saturated rings. The second kappa shape index (κ2) is 7.70. The van der Waals surface area contributed by atoms with Crippen molar-refractivity contribution in [2.24, 2.45) is 5.92 Å². The molecule has 2 aliphatic rings. The van der Waals surface area contributed by atoms with Crippen LogP contribution in [0.4, 0.5) is 0 Å². The van der Waals surface area contributed by atoms with Crippen molar-refractivity contribution in [3.8, 4) is 0 Å². The average Bonchev–Trinajstić information content (AvgIpc) is 3.36. The molecular weight excluding hydrogens is 348 g/mol. The number of carbonyl (C=O) groups is 2. The Labute approximate surface area is 165 Å². The van der Waals surface area contributed by atoms with Crippen molar-refractivity contribution in [2.45, 2.75) is 49.9 Å². The van der Waals surface area contributed by atoms with Crippen LogP contribution in [-0.2, 0) is 4.79 Å². The van der Waals surface area contributed by atoms with E-state index in [4.69, 9.17) is 4.98 Å². The van der Waals surface area contributed by atoms with Crippen LogP contribution >= 0.6 is 0 Å². The molecule has 144 valence electrons. The lowest BCUT2D eigenvalue weighted by Gasteiger charge is -2.24. The highest BCUT2D eigenvalue weighted by Gasteiger charge is 2.43. The van der Waals surface area contributed by atoms with Gasteiger partial charge in [-0.3, -0.25) is 9.59 Å². The van der Waals surface area contributed by atoms with Gasteiger partial charge in [-0.2, -0.15) is 0 Å². The molecule has 4 heteroatoms. The van der Waals surface area contributed by atoms with E-state index < -0.39 is 5.92 Å². The molecule has 1 N–H and O–H groups in total. The van der Waals surface area contributed by atoms with Crippen molar-refractivity contribution >= 4 is 11.6 Å². The van der Waals surface area contributed by atoms with Crippen LogP contribution in [0.5, 0.6) is 0 Å². The summed E-state index contributed by atoms with van der Waals surface area (Å²) in [6.45, 7) is 7.51. The molecule has 2 aliphatic carbocycles. The van der Waals surface area contributed by atoms with Gasteiger partial charge in [-0.05, 0) is 37.2 Å². The summed E-state index contributed by atoms with van der Waals surface area (Å²) in [5.74, 6) is 0.244. The van der Waals surface area contributed by atoms with Gasteiger partial charge in [0.1, 0.15) is 11.5 Å². The number of imidazole rings is 1. The molecule has 4 atom stereocenters. The van der Waals surface area contributed by atoms with Crippen molar-refractivity contribution < 1.29 is 9.59 Å². The van der Waals surface area contributed by atoms with Crippen LogP contribution in [0, 0.1) is 5.92 Å². The Bertz CT molecular complexity index is 912. The molecule has 4 rings (SSSR count). The van der Waals surface area contributed by atoms with Crippen LogP contribution in [0.1, 0.15) is 77.4 Å². The fourth-order valence-corrected chi connectivity index (χ4v) is 4.88. The zero-order chi connectivity index (χ0) is 19.7. The number of aromatic nitrogens is 2. The van der Waals surface area contributed by atoms with E-state index >= 15 is 0 Å². The number of aromatic amines is 1. The normalized spacial score (nSPS) is 26.9. The number of nitrogens with zero attached hydrogens (tertiary/aromatic N) is 1. The minimum Gasteiger partial charge on any atom is -0.344 e. The molecule has 28 heavy (non-hydrogen) atoms. The highest BCUT2D eigenvalue weighted by molar-refractivity contribution is 6.15. The Morgan fingerprint density at radius 2 is 1.68 bits per heavy atom. The van der Waals surface area contributed by atoms with Gasteiger partial charge in [0.15, 0.2) is 11.6 Å². The number of allylic oxidation sites excluding steroid dienone is 2. The largest absolute Gasteiger partial charge is 0.344 e. The van der Waals surface area contributed by atoms with Gasteiger partial charge in [0.25, 0.3) is 0 Å². The Morgan fingerprint density at radius 1 is 1.00 bits per heavy atom. The molecule has 4 unspecified atom stereocenters. The molecule has 1 aromatic heterocycles. The van der Waals surface area contributed by atoms with Gasteiger partial charge < -0.3 is 4.98 Å². The smallest absolute Gasteiger partial charge is 0.193 e. The van der Waals surface area contributed by atoms with E-state index in [2.05, 4.69) is 42.4 Å². The van der Waals surface area contributed by atoms with Crippen LogP contribution < -0.4 is 0 Å². The van der Waals surface area contributed by atoms with Gasteiger partial charge in [-0.25, -0.2) is 4.98 Å². The van der Waals surface area contributed by atoms with Crippen molar-refractivity contribution in [1.82, 2.24) is 9.97 Å². The molecule has 1 aromatic carbocycles. The van der Waals surface area contributed by atoms with Gasteiger partial charge >= 0.3 is 0 Å². The monoisotopic (exact) mass is 374 g/mol. The van der Waals surface area contributed by atoms with Crippen LogP contribution in [0.25, 0.3) is 0 Å². The number of benzene rings is 1. The number of H-pyrrole nitrogens is 1. The predicted molar refractivity (Wildman–Crippen MR) is 110 cm³/mol. The maximum absolute atomic E-state index is 13.0. The number of fused-ring (bicyclic) bond motifs is 1. The molecule has 0 radical (unpaired) electrons. The number of hydrogen-bond donors (Lipinski definition) is 1. The van der Waals surface area contributed by atoms with E-state index in [1.54, 1.807) is 12.2 Å². The quantitative estimate of drug-likeness (QED) is 0.566. The first kappa shape index (κ1) is 18.6. The predicted octanol–water partition coefficient (Wildman–Crippen LogP) is 5.08. The first-order valence-electron chi connectivity index (χ1n) is 10.1. The summed E-state index contributed by atoms with van der Waals surface area (Å²) in [7, 11) is 0. The lowest BCUT2D eigenvalue weighted by molar-refractivity contribution is -0.123. The van der Waals surface area contributed by atoms with Gasteiger partial charge in [0, 0.05) is 5.92 Å². The third-order valence-electron chi connectivity index (χ3n) is 6.23. The minimum absolute atomic E-state index is 0.0430. The maximum Gasteiger partial charge on any atom is 0.193 e. The third-order valence-corrected chi connectivity index (χ3v) is 6.23. The van der Waals surface area contributed by atoms with Gasteiger partial charge in [-0.15, -0.1) is 13.2 Å². The Hall–Kier alpha value is -2.75. The molecule has 0 spiro atoms. The zero-order valence-corrected chi connectivity index (χ0v) is 16.1. The molecule has 0 amide bonds. The molecule has 0 aliphatic heterocycles. The summed E-state index contributed by atoms with van der Waals surface area (Å²) in [4.78, 5) is 34.1. The van der Waals surface area contributed by atoms with Crippen LogP contribution in [-0.4, -0.2) is 21.5 Å². The highest BCUT2D eigenvalue weighted by atomic mass is 16.2. The lowest BCUT2D eigenvalue weighted by Crippen LogP contribution is -2.35. The number of rotatable bonds is 6. The number of carbonyl (C=O) groups excluding carboxylic acids is 2. The van der Waals surface area contributed by atoms with Crippen LogP contribution in [0.15, 0.2) is 55.6 Å². The number of nitrogens with one attached hydrogen (secondary N) is 1. The van der Waals surface area contributed by atoms with E-state index in [1.165, 1.54) is 5.56 Å². The van der Waals surface area contributed by atoms with Crippen LogP contribution in [0.3, 0.4) is 0 Å². The van der Waals surface area contributed by atoms with Gasteiger partial charge in [0.05, 0.1) is 17.5 Å². The minimum atomic E-state index is -0.667. The molecule has 4 nitrogen and oxygen atoms in total. The fourth-order valence-electron chi connectivity index (χ4n) is 4.88. The van der Waals surface area contributed by atoms with Crippen molar-refractivity contribution in [1.29, 1.82) is 0 Å². The van der Waals surface area contributed by atoms with Crippen LogP contribution in [0.2, 0.25) is 0 Å². The summed E-state index contributed by atoms with van der Waals surface area (Å²) in [5.41, 5.74) is 2.45. The Morgan fingerprint density at radius 3 is 2.39 bits per heavy atom.